The van der Waals surface area contributed by atoms with E-state index in [9.17, 15) is 13.2 Å². The third kappa shape index (κ3) is 2.46. The lowest BCUT2D eigenvalue weighted by molar-refractivity contribution is 0.237. The van der Waals surface area contributed by atoms with Crippen molar-refractivity contribution in [1.29, 1.82) is 0 Å². The Balaban J connectivity index is 4.29. The van der Waals surface area contributed by atoms with E-state index >= 15 is 0 Å². The van der Waals surface area contributed by atoms with Gasteiger partial charge in [-0.1, -0.05) is 0 Å². The highest BCUT2D eigenvalue weighted by molar-refractivity contribution is 14.1. The summed E-state index contributed by atoms with van der Waals surface area (Å²) in [7, 11) is -3.62. The van der Waals surface area contributed by atoms with E-state index in [4.69, 9.17) is 0 Å². The molecule has 0 saturated heterocycles. The lowest BCUT2D eigenvalue weighted by atomic mass is 11.6. The van der Waals surface area contributed by atoms with Gasteiger partial charge in [0.15, 0.2) is 23.0 Å². The third-order valence-electron chi connectivity index (χ3n) is 0.366. The fraction of sp³-hybridized carbons (Fsp3) is 0.500. The van der Waals surface area contributed by atoms with Gasteiger partial charge in [-0.05, 0) is 0 Å². The summed E-state index contributed by atoms with van der Waals surface area (Å²) in [6, 6.07) is 0. The van der Waals surface area contributed by atoms with Crippen LogP contribution in [0, 0.1) is 0 Å². The van der Waals surface area contributed by atoms with Crippen LogP contribution in [0.3, 0.4) is 0 Å². The summed E-state index contributed by atoms with van der Waals surface area (Å²) in [4.78, 5) is 10.0. The minimum atomic E-state index is -3.62. The normalized spacial score (nSPS) is 10.8. The first kappa shape index (κ1) is 8.15. The van der Waals surface area contributed by atoms with Gasteiger partial charge in [0.25, 0.3) is 0 Å². The molecular formula is C2H3IO4S. The lowest BCUT2D eigenvalue weighted by Gasteiger charge is -1.87. The molecule has 0 aromatic heterocycles. The monoisotopic (exact) mass is 250 g/mol. The van der Waals surface area contributed by atoms with Gasteiger partial charge < -0.3 is 3.07 Å². The van der Waals surface area contributed by atoms with Crippen molar-refractivity contribution in [3.8, 4) is 0 Å². The molecule has 0 spiro atoms. The van der Waals surface area contributed by atoms with Crippen molar-refractivity contribution in [3.05, 3.63) is 0 Å². The van der Waals surface area contributed by atoms with E-state index in [-0.39, 0.29) is 0 Å². The average molecular weight is 250 g/mol. The quantitative estimate of drug-likeness (QED) is 0.588. The van der Waals surface area contributed by atoms with Crippen LogP contribution in [-0.4, -0.2) is 20.0 Å². The molecule has 0 aliphatic heterocycles. The molecule has 0 rings (SSSR count). The number of sulfone groups is 1. The molecule has 0 atom stereocenters. The highest BCUT2D eigenvalue weighted by atomic mass is 127. The molecule has 0 aromatic carbocycles. The third-order valence-corrected chi connectivity index (χ3v) is 1.75. The van der Waals surface area contributed by atoms with Gasteiger partial charge in [0.2, 0.25) is 9.84 Å². The van der Waals surface area contributed by atoms with E-state index in [1.807, 2.05) is 0 Å². The zero-order valence-electron chi connectivity index (χ0n) is 3.92. The van der Waals surface area contributed by atoms with Crippen molar-refractivity contribution in [2.45, 2.75) is 0 Å². The first-order valence-corrected chi connectivity index (χ1v) is 4.28. The van der Waals surface area contributed by atoms with Gasteiger partial charge in [0, 0.05) is 0 Å². The number of hydrogen-bond donors (Lipinski definition) is 0. The van der Waals surface area contributed by atoms with Gasteiger partial charge in [0.05, 0.1) is 6.26 Å². The first-order chi connectivity index (χ1) is 3.48. The Kier molecular flexibility index (Phi) is 2.67. The fourth-order valence-corrected chi connectivity index (χ4v) is 1.15. The molecule has 0 aliphatic carbocycles. The Morgan fingerprint density at radius 3 is 2.00 bits per heavy atom. The Bertz CT molecular complexity index is 180. The van der Waals surface area contributed by atoms with Gasteiger partial charge >= 0.3 is 5.30 Å². The Morgan fingerprint density at radius 1 is 1.62 bits per heavy atom. The summed E-state index contributed by atoms with van der Waals surface area (Å²) >= 11 is 1.21. The molecule has 0 radical (unpaired) electrons. The first-order valence-electron chi connectivity index (χ1n) is 1.51. The van der Waals surface area contributed by atoms with Crippen molar-refractivity contribution in [2.75, 3.05) is 6.26 Å². The summed E-state index contributed by atoms with van der Waals surface area (Å²) in [5.41, 5.74) is 0. The summed E-state index contributed by atoms with van der Waals surface area (Å²) < 4.78 is 24.0. The summed E-state index contributed by atoms with van der Waals surface area (Å²) in [6.07, 6.45) is 0.786. The number of halogens is 1. The Labute approximate surface area is 60.8 Å². The van der Waals surface area contributed by atoms with E-state index in [2.05, 4.69) is 3.07 Å². The van der Waals surface area contributed by atoms with Crippen molar-refractivity contribution in [3.63, 3.8) is 0 Å². The second-order valence-electron chi connectivity index (χ2n) is 1.10. The maximum atomic E-state index is 10.1. The molecule has 0 aliphatic rings. The molecule has 0 fully saturated rings. The predicted octanol–water partition coefficient (Wildman–Crippen LogP) is 0.518. The van der Waals surface area contributed by atoms with E-state index in [1.165, 1.54) is 23.0 Å². The van der Waals surface area contributed by atoms with Crippen molar-refractivity contribution < 1.29 is 16.3 Å². The molecule has 0 N–H and O–H groups in total. The SMILES string of the molecule is CS(=O)(=O)C(=O)OI. The zero-order chi connectivity index (χ0) is 6.78. The van der Waals surface area contributed by atoms with E-state index in [1.54, 1.807) is 0 Å². The van der Waals surface area contributed by atoms with Crippen LogP contribution < -0.4 is 0 Å². The van der Waals surface area contributed by atoms with E-state index in [0.717, 1.165) is 6.26 Å². The van der Waals surface area contributed by atoms with Crippen LogP contribution in [0.25, 0.3) is 0 Å². The van der Waals surface area contributed by atoms with E-state index in [0.29, 0.717) is 0 Å². The molecule has 48 valence electrons. The molecular weight excluding hydrogens is 247 g/mol. The highest BCUT2D eigenvalue weighted by Gasteiger charge is 2.15. The second kappa shape index (κ2) is 2.62. The van der Waals surface area contributed by atoms with Gasteiger partial charge in [-0.25, -0.2) is 13.2 Å². The zero-order valence-corrected chi connectivity index (χ0v) is 6.89. The molecule has 4 nitrogen and oxygen atoms in total. The van der Waals surface area contributed by atoms with Crippen molar-refractivity contribution >= 4 is 38.1 Å². The van der Waals surface area contributed by atoms with Crippen LogP contribution in [0.1, 0.15) is 0 Å². The minimum absolute atomic E-state index is 0.786. The van der Waals surface area contributed by atoms with Crippen LogP contribution in [0.15, 0.2) is 0 Å². The largest absolute Gasteiger partial charge is 0.434 e. The molecule has 0 amide bonds. The lowest BCUT2D eigenvalue weighted by Crippen LogP contribution is -2.08. The van der Waals surface area contributed by atoms with Crippen LogP contribution in [0.2, 0.25) is 0 Å². The summed E-state index contributed by atoms with van der Waals surface area (Å²) in [6.45, 7) is 0. The summed E-state index contributed by atoms with van der Waals surface area (Å²) in [5.74, 6) is 0. The molecule has 0 saturated carbocycles. The van der Waals surface area contributed by atoms with Crippen LogP contribution in [0.4, 0.5) is 4.79 Å². The number of carbonyl (C=O) groups is 1. The van der Waals surface area contributed by atoms with Crippen molar-refractivity contribution in [1.82, 2.24) is 0 Å². The van der Waals surface area contributed by atoms with Crippen molar-refractivity contribution in [2.24, 2.45) is 0 Å². The minimum Gasteiger partial charge on any atom is -0.383 e. The molecule has 0 bridgehead atoms. The molecule has 0 aromatic rings. The van der Waals surface area contributed by atoms with Gasteiger partial charge in [-0.2, -0.15) is 0 Å². The Morgan fingerprint density at radius 2 is 2.00 bits per heavy atom. The van der Waals surface area contributed by atoms with Gasteiger partial charge in [0.1, 0.15) is 0 Å². The molecule has 8 heavy (non-hydrogen) atoms. The molecule has 6 heteroatoms. The summed E-state index contributed by atoms with van der Waals surface area (Å²) in [5, 5.41) is -1.21. The topological polar surface area (TPSA) is 60.4 Å². The number of hydrogen-bond acceptors (Lipinski definition) is 4. The van der Waals surface area contributed by atoms with Crippen LogP contribution >= 0.6 is 23.0 Å². The number of carbonyl (C=O) groups excluding carboxylic acids is 1. The predicted molar refractivity (Wildman–Crippen MR) is 35.3 cm³/mol. The van der Waals surface area contributed by atoms with Crippen LogP contribution in [0.5, 0.6) is 0 Å². The number of rotatable bonds is 0. The van der Waals surface area contributed by atoms with E-state index < -0.39 is 15.1 Å². The molecule has 0 heterocycles. The van der Waals surface area contributed by atoms with Gasteiger partial charge in [-0.15, -0.1) is 0 Å². The maximum absolute atomic E-state index is 10.1. The molecule has 0 unspecified atom stereocenters. The second-order valence-corrected chi connectivity index (χ2v) is 3.42. The van der Waals surface area contributed by atoms with Gasteiger partial charge in [-0.3, -0.25) is 0 Å². The van der Waals surface area contributed by atoms with Crippen LogP contribution in [-0.2, 0) is 12.9 Å². The fourth-order valence-electron chi connectivity index (χ4n) is 0.0572. The standard InChI is InChI=1S/C2H3IO4S/c1-8(5,6)2(4)7-3/h1H3. The maximum Gasteiger partial charge on any atom is 0.434 e. The Hall–Kier alpha value is 0.150. The highest BCUT2D eigenvalue weighted by Crippen LogP contribution is 1.95. The average Bonchev–Trinajstić information content (AvgIpc) is 1.62. The smallest absolute Gasteiger partial charge is 0.383 e.